The molecule has 1 heterocycles. The monoisotopic (exact) mass is 310 g/mol. The predicted octanol–water partition coefficient (Wildman–Crippen LogP) is 2.70. The Morgan fingerprint density at radius 2 is 1.91 bits per heavy atom. The summed E-state index contributed by atoms with van der Waals surface area (Å²) in [5, 5.41) is 3.29. The zero-order valence-electron chi connectivity index (χ0n) is 13.4. The molecule has 0 spiro atoms. The van der Waals surface area contributed by atoms with Crippen LogP contribution in [0.3, 0.4) is 0 Å². The van der Waals surface area contributed by atoms with Gasteiger partial charge in [-0.1, -0.05) is 30.3 Å². The Bertz CT molecular complexity index is 634. The quantitative estimate of drug-likeness (QED) is 0.923. The van der Waals surface area contributed by atoms with Crippen molar-refractivity contribution in [3.8, 4) is 5.75 Å². The molecule has 1 unspecified atom stereocenters. The number of rotatable bonds is 5. The van der Waals surface area contributed by atoms with E-state index >= 15 is 0 Å². The molecule has 1 atom stereocenters. The minimum Gasteiger partial charge on any atom is -0.489 e. The summed E-state index contributed by atoms with van der Waals surface area (Å²) in [7, 11) is 1.88. The molecule has 4 heteroatoms. The summed E-state index contributed by atoms with van der Waals surface area (Å²) in [5.74, 6) is 0.926. The van der Waals surface area contributed by atoms with Crippen LogP contribution < -0.4 is 10.1 Å². The van der Waals surface area contributed by atoms with Gasteiger partial charge < -0.3 is 15.0 Å². The number of carbonyl (C=O) groups excluding carboxylic acids is 1. The van der Waals surface area contributed by atoms with E-state index in [2.05, 4.69) is 5.32 Å². The maximum absolute atomic E-state index is 12.5. The second kappa shape index (κ2) is 7.29. The van der Waals surface area contributed by atoms with Crippen molar-refractivity contribution in [3.05, 3.63) is 65.7 Å². The number of para-hydroxylation sites is 1. The minimum atomic E-state index is 0.0780. The molecule has 1 amide bonds. The van der Waals surface area contributed by atoms with Gasteiger partial charge in [-0.25, -0.2) is 0 Å². The molecule has 1 aliphatic heterocycles. The van der Waals surface area contributed by atoms with Crippen molar-refractivity contribution < 1.29 is 9.53 Å². The number of hydrogen-bond donors (Lipinski definition) is 1. The van der Waals surface area contributed by atoms with Crippen LogP contribution in [0.15, 0.2) is 54.6 Å². The van der Waals surface area contributed by atoms with Crippen LogP contribution in [-0.2, 0) is 6.61 Å². The maximum Gasteiger partial charge on any atom is 0.253 e. The second-order valence-electron chi connectivity index (χ2n) is 5.86. The molecule has 23 heavy (non-hydrogen) atoms. The van der Waals surface area contributed by atoms with Gasteiger partial charge in [-0.2, -0.15) is 0 Å². The third kappa shape index (κ3) is 3.90. The van der Waals surface area contributed by atoms with Crippen LogP contribution >= 0.6 is 0 Å². The van der Waals surface area contributed by atoms with Gasteiger partial charge in [0, 0.05) is 25.2 Å². The molecule has 3 rings (SSSR count). The normalized spacial score (nSPS) is 17.0. The zero-order chi connectivity index (χ0) is 16.1. The first-order valence-electron chi connectivity index (χ1n) is 7.99. The lowest BCUT2D eigenvalue weighted by Crippen LogP contribution is -2.38. The summed E-state index contributed by atoms with van der Waals surface area (Å²) < 4.78 is 5.72. The van der Waals surface area contributed by atoms with Crippen LogP contribution in [-0.4, -0.2) is 37.0 Å². The highest BCUT2D eigenvalue weighted by atomic mass is 16.5. The molecule has 1 N–H and O–H groups in total. The Balaban J connectivity index is 1.59. The van der Waals surface area contributed by atoms with Gasteiger partial charge in [0.2, 0.25) is 0 Å². The van der Waals surface area contributed by atoms with E-state index < -0.39 is 0 Å². The molecule has 0 bridgehead atoms. The summed E-state index contributed by atoms with van der Waals surface area (Å²) in [5.41, 5.74) is 1.78. The Morgan fingerprint density at radius 3 is 2.57 bits per heavy atom. The summed E-state index contributed by atoms with van der Waals surface area (Å²) in [6.45, 7) is 2.37. The predicted molar refractivity (Wildman–Crippen MR) is 90.6 cm³/mol. The van der Waals surface area contributed by atoms with Crippen LogP contribution in [0.4, 0.5) is 0 Å². The van der Waals surface area contributed by atoms with Crippen LogP contribution in [0.25, 0.3) is 0 Å². The van der Waals surface area contributed by atoms with Gasteiger partial charge in [0.1, 0.15) is 12.4 Å². The lowest BCUT2D eigenvalue weighted by molar-refractivity contribution is 0.0743. The van der Waals surface area contributed by atoms with E-state index in [-0.39, 0.29) is 5.91 Å². The van der Waals surface area contributed by atoms with Crippen LogP contribution in [0.1, 0.15) is 22.3 Å². The lowest BCUT2D eigenvalue weighted by Gasteiger charge is -2.23. The average molecular weight is 310 g/mol. The first kappa shape index (κ1) is 15.6. The van der Waals surface area contributed by atoms with Gasteiger partial charge in [0.25, 0.3) is 5.91 Å². The Labute approximate surface area is 137 Å². The Morgan fingerprint density at radius 1 is 1.17 bits per heavy atom. The molecule has 2 aromatic rings. The third-order valence-electron chi connectivity index (χ3n) is 4.25. The Kier molecular flexibility index (Phi) is 4.93. The highest BCUT2D eigenvalue weighted by Gasteiger charge is 2.23. The standard InChI is InChI=1S/C19H22N2O2/c1-21(17-11-12-20-13-17)19(22)16-9-7-15(8-10-16)14-23-18-5-3-2-4-6-18/h2-10,17,20H,11-14H2,1H3. The smallest absolute Gasteiger partial charge is 0.253 e. The van der Waals surface area contributed by atoms with E-state index in [1.54, 1.807) is 0 Å². The first-order chi connectivity index (χ1) is 11.2. The largest absolute Gasteiger partial charge is 0.489 e. The van der Waals surface area contributed by atoms with E-state index in [0.717, 1.165) is 36.4 Å². The highest BCUT2D eigenvalue weighted by molar-refractivity contribution is 5.94. The molecule has 1 fully saturated rings. The molecule has 0 aliphatic carbocycles. The molecule has 1 aliphatic rings. The van der Waals surface area contributed by atoms with Crippen molar-refractivity contribution in [2.45, 2.75) is 19.1 Å². The van der Waals surface area contributed by atoms with E-state index in [9.17, 15) is 4.79 Å². The van der Waals surface area contributed by atoms with Gasteiger partial charge in [-0.15, -0.1) is 0 Å². The molecule has 2 aromatic carbocycles. The summed E-state index contributed by atoms with van der Waals surface area (Å²) >= 11 is 0. The van der Waals surface area contributed by atoms with Crippen LogP contribution in [0, 0.1) is 0 Å². The number of ether oxygens (including phenoxy) is 1. The summed E-state index contributed by atoms with van der Waals surface area (Å²) in [6, 6.07) is 17.7. The van der Waals surface area contributed by atoms with Crippen LogP contribution in [0.5, 0.6) is 5.75 Å². The molecule has 4 nitrogen and oxygen atoms in total. The molecular formula is C19H22N2O2. The molecule has 0 saturated carbocycles. The van der Waals surface area contributed by atoms with Crippen LogP contribution in [0.2, 0.25) is 0 Å². The number of hydrogen-bond acceptors (Lipinski definition) is 3. The number of benzene rings is 2. The molecule has 1 saturated heterocycles. The van der Waals surface area contributed by atoms with Crippen molar-refractivity contribution >= 4 is 5.91 Å². The minimum absolute atomic E-state index is 0.0780. The fraction of sp³-hybridized carbons (Fsp3) is 0.316. The van der Waals surface area contributed by atoms with Gasteiger partial charge in [0.15, 0.2) is 0 Å². The molecule has 120 valence electrons. The van der Waals surface area contributed by atoms with Crippen molar-refractivity contribution in [3.63, 3.8) is 0 Å². The van der Waals surface area contributed by atoms with Crippen molar-refractivity contribution in [1.82, 2.24) is 10.2 Å². The Hall–Kier alpha value is -2.33. The van der Waals surface area contributed by atoms with Gasteiger partial charge in [-0.05, 0) is 42.8 Å². The van der Waals surface area contributed by atoms with Crippen molar-refractivity contribution in [2.24, 2.45) is 0 Å². The fourth-order valence-corrected chi connectivity index (χ4v) is 2.77. The van der Waals surface area contributed by atoms with Crippen molar-refractivity contribution in [2.75, 3.05) is 20.1 Å². The number of carbonyl (C=O) groups is 1. The van der Waals surface area contributed by atoms with E-state index in [0.29, 0.717) is 12.6 Å². The van der Waals surface area contributed by atoms with Gasteiger partial charge in [0.05, 0.1) is 0 Å². The SMILES string of the molecule is CN(C(=O)c1ccc(COc2ccccc2)cc1)C1CCNC1. The first-order valence-corrected chi connectivity index (χ1v) is 7.99. The van der Waals surface area contributed by atoms with Gasteiger partial charge in [-0.3, -0.25) is 4.79 Å². The molecular weight excluding hydrogens is 288 g/mol. The topological polar surface area (TPSA) is 41.6 Å². The number of nitrogens with one attached hydrogen (secondary N) is 1. The van der Waals surface area contributed by atoms with Crippen molar-refractivity contribution in [1.29, 1.82) is 0 Å². The third-order valence-corrected chi connectivity index (χ3v) is 4.25. The summed E-state index contributed by atoms with van der Waals surface area (Å²) in [6.07, 6.45) is 1.02. The maximum atomic E-state index is 12.5. The van der Waals surface area contributed by atoms with Gasteiger partial charge >= 0.3 is 0 Å². The van der Waals surface area contributed by atoms with E-state index in [1.807, 2.05) is 66.5 Å². The highest BCUT2D eigenvalue weighted by Crippen LogP contribution is 2.15. The fourth-order valence-electron chi connectivity index (χ4n) is 2.77. The number of likely N-dealkylation sites (N-methyl/N-ethyl adjacent to an activating group) is 1. The lowest BCUT2D eigenvalue weighted by atomic mass is 10.1. The second-order valence-corrected chi connectivity index (χ2v) is 5.86. The molecule has 0 radical (unpaired) electrons. The number of nitrogens with zero attached hydrogens (tertiary/aromatic N) is 1. The molecule has 0 aromatic heterocycles. The zero-order valence-corrected chi connectivity index (χ0v) is 13.4. The number of amides is 1. The van der Waals surface area contributed by atoms with E-state index in [4.69, 9.17) is 4.74 Å². The van der Waals surface area contributed by atoms with E-state index in [1.165, 1.54) is 0 Å². The summed E-state index contributed by atoms with van der Waals surface area (Å²) in [4.78, 5) is 14.3. The average Bonchev–Trinajstić information content (AvgIpc) is 3.15.